The number of benzene rings is 1. The first kappa shape index (κ1) is 13.5. The van der Waals surface area contributed by atoms with E-state index in [4.69, 9.17) is 5.73 Å². The molecule has 1 rings (SSSR count). The number of carbonyl (C=O) groups is 1. The van der Waals surface area contributed by atoms with Crippen molar-refractivity contribution in [2.24, 2.45) is 5.73 Å². The summed E-state index contributed by atoms with van der Waals surface area (Å²) in [5.41, 5.74) is 4.89. The second-order valence-electron chi connectivity index (χ2n) is 3.50. The molecule has 0 spiro atoms. The molecule has 0 aliphatic carbocycles. The largest absolute Gasteiger partial charge is 0.416 e. The van der Waals surface area contributed by atoms with Gasteiger partial charge in [-0.25, -0.2) is 0 Å². The van der Waals surface area contributed by atoms with E-state index >= 15 is 0 Å². The minimum Gasteiger partial charge on any atom is -0.355 e. The fourth-order valence-corrected chi connectivity index (χ4v) is 1.34. The van der Waals surface area contributed by atoms with Crippen molar-refractivity contribution in [2.75, 3.05) is 6.54 Å². The van der Waals surface area contributed by atoms with Crippen molar-refractivity contribution in [2.45, 2.75) is 19.1 Å². The van der Waals surface area contributed by atoms with Crippen LogP contribution in [0.25, 0.3) is 0 Å². The third-order valence-electron chi connectivity index (χ3n) is 2.21. The Morgan fingerprint density at radius 1 is 1.47 bits per heavy atom. The SMILES string of the molecule is CCNC(=O)C(N)c1cccc(C(F)(F)F)c1. The van der Waals surface area contributed by atoms with Crippen LogP contribution >= 0.6 is 0 Å². The second-order valence-corrected chi connectivity index (χ2v) is 3.50. The van der Waals surface area contributed by atoms with Crippen LogP contribution < -0.4 is 11.1 Å². The van der Waals surface area contributed by atoms with Crippen LogP contribution in [-0.4, -0.2) is 12.5 Å². The lowest BCUT2D eigenvalue weighted by Crippen LogP contribution is -2.33. The molecule has 0 heterocycles. The summed E-state index contributed by atoms with van der Waals surface area (Å²) in [5, 5.41) is 2.46. The van der Waals surface area contributed by atoms with Crippen LogP contribution in [0.5, 0.6) is 0 Å². The predicted octanol–water partition coefficient (Wildman–Crippen LogP) is 1.84. The van der Waals surface area contributed by atoms with Gasteiger partial charge in [0.25, 0.3) is 0 Å². The molecule has 94 valence electrons. The van der Waals surface area contributed by atoms with Crippen LogP contribution in [0.4, 0.5) is 13.2 Å². The third-order valence-corrected chi connectivity index (χ3v) is 2.21. The molecule has 1 atom stereocenters. The van der Waals surface area contributed by atoms with Crippen molar-refractivity contribution in [1.82, 2.24) is 5.32 Å². The van der Waals surface area contributed by atoms with Gasteiger partial charge in [0, 0.05) is 6.54 Å². The maximum atomic E-state index is 12.4. The molecule has 0 bridgehead atoms. The quantitative estimate of drug-likeness (QED) is 0.855. The number of likely N-dealkylation sites (N-methyl/N-ethyl adjacent to an activating group) is 1. The zero-order valence-corrected chi connectivity index (χ0v) is 9.21. The molecule has 0 aromatic heterocycles. The first-order valence-electron chi connectivity index (χ1n) is 5.06. The molecule has 0 radical (unpaired) electrons. The Morgan fingerprint density at radius 3 is 2.65 bits per heavy atom. The van der Waals surface area contributed by atoms with Gasteiger partial charge in [0.05, 0.1) is 5.56 Å². The minimum atomic E-state index is -4.43. The number of carbonyl (C=O) groups excluding carboxylic acids is 1. The van der Waals surface area contributed by atoms with E-state index in [9.17, 15) is 18.0 Å². The average molecular weight is 246 g/mol. The summed E-state index contributed by atoms with van der Waals surface area (Å²) in [7, 11) is 0. The fraction of sp³-hybridized carbons (Fsp3) is 0.364. The van der Waals surface area contributed by atoms with E-state index in [1.807, 2.05) is 0 Å². The monoisotopic (exact) mass is 246 g/mol. The number of nitrogens with one attached hydrogen (secondary N) is 1. The van der Waals surface area contributed by atoms with Crippen LogP contribution in [0.1, 0.15) is 24.1 Å². The van der Waals surface area contributed by atoms with E-state index < -0.39 is 23.7 Å². The highest BCUT2D eigenvalue weighted by molar-refractivity contribution is 5.82. The van der Waals surface area contributed by atoms with Gasteiger partial charge in [0.15, 0.2) is 0 Å². The fourth-order valence-electron chi connectivity index (χ4n) is 1.34. The number of hydrogen-bond donors (Lipinski definition) is 2. The van der Waals surface area contributed by atoms with Gasteiger partial charge in [-0.05, 0) is 24.6 Å². The molecule has 1 amide bonds. The van der Waals surface area contributed by atoms with E-state index in [1.165, 1.54) is 12.1 Å². The molecule has 0 aliphatic rings. The lowest BCUT2D eigenvalue weighted by atomic mass is 10.0. The topological polar surface area (TPSA) is 55.1 Å². The van der Waals surface area contributed by atoms with Gasteiger partial charge >= 0.3 is 6.18 Å². The maximum Gasteiger partial charge on any atom is 0.416 e. The maximum absolute atomic E-state index is 12.4. The molecule has 1 aromatic carbocycles. The first-order valence-corrected chi connectivity index (χ1v) is 5.06. The molecule has 0 saturated carbocycles. The van der Waals surface area contributed by atoms with E-state index in [0.717, 1.165) is 12.1 Å². The van der Waals surface area contributed by atoms with Crippen molar-refractivity contribution in [3.05, 3.63) is 35.4 Å². The zero-order valence-electron chi connectivity index (χ0n) is 9.21. The molecule has 3 N–H and O–H groups in total. The van der Waals surface area contributed by atoms with E-state index in [-0.39, 0.29) is 5.56 Å². The number of nitrogens with two attached hydrogens (primary N) is 1. The van der Waals surface area contributed by atoms with Crippen LogP contribution in [0, 0.1) is 0 Å². The van der Waals surface area contributed by atoms with Crippen molar-refractivity contribution < 1.29 is 18.0 Å². The number of rotatable bonds is 3. The van der Waals surface area contributed by atoms with Crippen molar-refractivity contribution in [3.8, 4) is 0 Å². The molecule has 3 nitrogen and oxygen atoms in total. The molecule has 1 aromatic rings. The minimum absolute atomic E-state index is 0.144. The molecule has 6 heteroatoms. The molecular formula is C11H13F3N2O. The molecule has 0 saturated heterocycles. The Balaban J connectivity index is 2.96. The highest BCUT2D eigenvalue weighted by atomic mass is 19.4. The number of alkyl halides is 3. The normalized spacial score (nSPS) is 13.2. The summed E-state index contributed by atoms with van der Waals surface area (Å²) in [6.07, 6.45) is -4.43. The standard InChI is InChI=1S/C11H13F3N2O/c1-2-16-10(17)9(15)7-4-3-5-8(6-7)11(12,13)14/h3-6,9H,2,15H2,1H3,(H,16,17). The summed E-state index contributed by atoms with van der Waals surface area (Å²) >= 11 is 0. The zero-order chi connectivity index (χ0) is 13.1. The highest BCUT2D eigenvalue weighted by Crippen LogP contribution is 2.30. The van der Waals surface area contributed by atoms with Crippen LogP contribution in [-0.2, 0) is 11.0 Å². The number of amides is 1. The van der Waals surface area contributed by atoms with E-state index in [1.54, 1.807) is 6.92 Å². The number of halogens is 3. The third kappa shape index (κ3) is 3.45. The van der Waals surface area contributed by atoms with Gasteiger partial charge in [-0.15, -0.1) is 0 Å². The van der Waals surface area contributed by atoms with Gasteiger partial charge in [-0.1, -0.05) is 12.1 Å². The van der Waals surface area contributed by atoms with E-state index in [0.29, 0.717) is 6.54 Å². The average Bonchev–Trinajstić information content (AvgIpc) is 2.27. The summed E-state index contributed by atoms with van der Waals surface area (Å²) in [6.45, 7) is 2.09. The van der Waals surface area contributed by atoms with Gasteiger partial charge < -0.3 is 11.1 Å². The van der Waals surface area contributed by atoms with Crippen LogP contribution in [0.15, 0.2) is 24.3 Å². The summed E-state index contributed by atoms with van der Waals surface area (Å²) in [5.74, 6) is -0.494. The first-order chi connectivity index (χ1) is 7.86. The number of hydrogen-bond acceptors (Lipinski definition) is 2. The second kappa shape index (κ2) is 5.18. The molecule has 0 fully saturated rings. The Labute approximate surface area is 96.8 Å². The summed E-state index contributed by atoms with van der Waals surface area (Å²) in [6, 6.07) is 3.37. The Hall–Kier alpha value is -1.56. The molecule has 17 heavy (non-hydrogen) atoms. The smallest absolute Gasteiger partial charge is 0.355 e. The van der Waals surface area contributed by atoms with Gasteiger partial charge in [-0.2, -0.15) is 13.2 Å². The van der Waals surface area contributed by atoms with E-state index in [2.05, 4.69) is 5.32 Å². The Kier molecular flexibility index (Phi) is 4.11. The molecular weight excluding hydrogens is 233 g/mol. The van der Waals surface area contributed by atoms with Crippen molar-refractivity contribution in [3.63, 3.8) is 0 Å². The lowest BCUT2D eigenvalue weighted by molar-refractivity contribution is -0.137. The Bertz CT molecular complexity index is 404. The van der Waals surface area contributed by atoms with Gasteiger partial charge in [-0.3, -0.25) is 4.79 Å². The summed E-state index contributed by atoms with van der Waals surface area (Å²) < 4.78 is 37.3. The summed E-state index contributed by atoms with van der Waals surface area (Å²) in [4.78, 5) is 11.4. The van der Waals surface area contributed by atoms with Crippen molar-refractivity contribution in [1.29, 1.82) is 0 Å². The molecule has 0 aliphatic heterocycles. The van der Waals surface area contributed by atoms with Crippen LogP contribution in [0.3, 0.4) is 0 Å². The lowest BCUT2D eigenvalue weighted by Gasteiger charge is -2.13. The Morgan fingerprint density at radius 2 is 2.12 bits per heavy atom. The van der Waals surface area contributed by atoms with Gasteiger partial charge in [0.1, 0.15) is 6.04 Å². The van der Waals surface area contributed by atoms with Crippen LogP contribution in [0.2, 0.25) is 0 Å². The highest BCUT2D eigenvalue weighted by Gasteiger charge is 2.31. The van der Waals surface area contributed by atoms with Crippen molar-refractivity contribution >= 4 is 5.91 Å². The van der Waals surface area contributed by atoms with Gasteiger partial charge in [0.2, 0.25) is 5.91 Å². The molecule has 1 unspecified atom stereocenters. The predicted molar refractivity (Wildman–Crippen MR) is 57.1 cm³/mol.